The molecule has 0 aromatic rings. The zero-order chi connectivity index (χ0) is 8.55. The van der Waals surface area contributed by atoms with Crippen LogP contribution in [0.3, 0.4) is 0 Å². The van der Waals surface area contributed by atoms with E-state index in [4.69, 9.17) is 15.0 Å². The first-order valence-electron chi connectivity index (χ1n) is 3.78. The molecular formula is C6H9N3O3. The molecule has 0 radical (unpaired) electrons. The third-order valence-electron chi connectivity index (χ3n) is 2.20. The number of rotatable bonds is 1. The highest BCUT2D eigenvalue weighted by atomic mass is 16.6. The molecule has 0 aromatic carbocycles. The first-order chi connectivity index (χ1) is 5.83. The van der Waals surface area contributed by atoms with Crippen LogP contribution in [0.25, 0.3) is 10.4 Å². The molecule has 1 N–H and O–H groups in total. The van der Waals surface area contributed by atoms with Gasteiger partial charge in [0.1, 0.15) is 12.2 Å². The highest BCUT2D eigenvalue weighted by Gasteiger charge is 2.46. The Morgan fingerprint density at radius 2 is 2.08 bits per heavy atom. The van der Waals surface area contributed by atoms with Gasteiger partial charge in [0.25, 0.3) is 0 Å². The summed E-state index contributed by atoms with van der Waals surface area (Å²) < 4.78 is 10.4. The molecule has 2 heterocycles. The van der Waals surface area contributed by atoms with Crippen LogP contribution < -0.4 is 0 Å². The van der Waals surface area contributed by atoms with Gasteiger partial charge >= 0.3 is 0 Å². The maximum Gasteiger partial charge on any atom is 0.112 e. The summed E-state index contributed by atoms with van der Waals surface area (Å²) in [5.74, 6) is 0. The maximum absolute atomic E-state index is 9.30. The van der Waals surface area contributed by atoms with Gasteiger partial charge in [-0.25, -0.2) is 0 Å². The number of hydrogen-bond acceptors (Lipinski definition) is 4. The lowest BCUT2D eigenvalue weighted by molar-refractivity contribution is 0.0182. The summed E-state index contributed by atoms with van der Waals surface area (Å²) in [4.78, 5) is 2.69. The first-order valence-corrected chi connectivity index (χ1v) is 3.78. The van der Waals surface area contributed by atoms with Gasteiger partial charge < -0.3 is 14.6 Å². The fourth-order valence-corrected chi connectivity index (χ4v) is 1.62. The maximum atomic E-state index is 9.30. The number of ether oxygens (including phenoxy) is 2. The van der Waals surface area contributed by atoms with E-state index in [-0.39, 0.29) is 24.9 Å². The number of azide groups is 1. The average Bonchev–Trinajstić information content (AvgIpc) is 2.58. The van der Waals surface area contributed by atoms with E-state index < -0.39 is 6.10 Å². The van der Waals surface area contributed by atoms with E-state index in [1.807, 2.05) is 0 Å². The zero-order valence-electron chi connectivity index (χ0n) is 6.33. The minimum atomic E-state index is -0.575. The van der Waals surface area contributed by atoms with Gasteiger partial charge in [-0.2, -0.15) is 0 Å². The Labute approximate surface area is 68.7 Å². The first kappa shape index (κ1) is 7.82. The SMILES string of the molecule is [N-]=[N+]=N[C@H]1CO[C@H]2[C@@H]1OC[C@@H]2O. The van der Waals surface area contributed by atoms with Gasteiger partial charge in [0.2, 0.25) is 0 Å². The summed E-state index contributed by atoms with van der Waals surface area (Å²) >= 11 is 0. The zero-order valence-corrected chi connectivity index (χ0v) is 6.33. The van der Waals surface area contributed by atoms with Crippen LogP contribution in [0.1, 0.15) is 0 Å². The van der Waals surface area contributed by atoms with Crippen LogP contribution in [0, 0.1) is 0 Å². The highest BCUT2D eigenvalue weighted by molar-refractivity contribution is 4.97. The molecule has 6 heteroatoms. The topological polar surface area (TPSA) is 87.5 Å². The fraction of sp³-hybridized carbons (Fsp3) is 1.00. The Morgan fingerprint density at radius 3 is 2.83 bits per heavy atom. The van der Waals surface area contributed by atoms with E-state index >= 15 is 0 Å². The quantitative estimate of drug-likeness (QED) is 0.337. The Kier molecular flexibility index (Phi) is 1.90. The van der Waals surface area contributed by atoms with Crippen molar-refractivity contribution in [3.8, 4) is 0 Å². The molecule has 2 rings (SSSR count). The highest BCUT2D eigenvalue weighted by Crippen LogP contribution is 2.28. The predicted octanol–water partition coefficient (Wildman–Crippen LogP) is -0.176. The monoisotopic (exact) mass is 171 g/mol. The van der Waals surface area contributed by atoms with Crippen molar-refractivity contribution in [2.24, 2.45) is 5.11 Å². The molecule has 6 nitrogen and oxygen atoms in total. The second-order valence-electron chi connectivity index (χ2n) is 2.94. The molecule has 12 heavy (non-hydrogen) atoms. The van der Waals surface area contributed by atoms with E-state index in [1.54, 1.807) is 0 Å². The molecule has 2 fully saturated rings. The van der Waals surface area contributed by atoms with Crippen molar-refractivity contribution in [2.75, 3.05) is 13.2 Å². The molecule has 66 valence electrons. The summed E-state index contributed by atoms with van der Waals surface area (Å²) in [5.41, 5.74) is 8.20. The standard InChI is InChI=1S/C6H9N3O3/c7-9-8-3-1-11-6-4(10)2-12-5(3)6/h3-6,10H,1-2H2/t3-,4-,5+,6+/m0/s1. The molecule has 0 saturated carbocycles. The number of aliphatic hydroxyl groups excluding tert-OH is 1. The minimum absolute atomic E-state index is 0.254. The molecule has 0 unspecified atom stereocenters. The molecule has 4 atom stereocenters. The van der Waals surface area contributed by atoms with Crippen LogP contribution in [-0.2, 0) is 9.47 Å². The van der Waals surface area contributed by atoms with Crippen LogP contribution in [-0.4, -0.2) is 42.7 Å². The lowest BCUT2D eigenvalue weighted by Crippen LogP contribution is -2.30. The van der Waals surface area contributed by atoms with Crippen LogP contribution in [0.5, 0.6) is 0 Å². The van der Waals surface area contributed by atoms with Crippen LogP contribution in [0.15, 0.2) is 5.11 Å². The van der Waals surface area contributed by atoms with Gasteiger partial charge in [0.15, 0.2) is 0 Å². The Balaban J connectivity index is 2.10. The minimum Gasteiger partial charge on any atom is -0.388 e. The Hall–Kier alpha value is -0.810. The van der Waals surface area contributed by atoms with Gasteiger partial charge in [0, 0.05) is 4.91 Å². The Morgan fingerprint density at radius 1 is 1.33 bits per heavy atom. The van der Waals surface area contributed by atoms with Crippen LogP contribution in [0.4, 0.5) is 0 Å². The number of aliphatic hydroxyl groups is 1. The summed E-state index contributed by atoms with van der Waals surface area (Å²) in [6, 6.07) is -0.280. The number of nitrogens with zero attached hydrogens (tertiary/aromatic N) is 3. The number of hydrogen-bond donors (Lipinski definition) is 1. The van der Waals surface area contributed by atoms with Gasteiger partial charge in [-0.1, -0.05) is 5.11 Å². The molecule has 0 amide bonds. The third kappa shape index (κ3) is 1.05. The number of fused-ring (bicyclic) bond motifs is 1. The molecule has 0 aromatic heterocycles. The van der Waals surface area contributed by atoms with Gasteiger partial charge in [-0.3, -0.25) is 0 Å². The van der Waals surface area contributed by atoms with Gasteiger partial charge in [-0.05, 0) is 5.53 Å². The Bertz CT molecular complexity index is 228. The molecule has 2 aliphatic heterocycles. The molecule has 2 aliphatic rings. The summed E-state index contributed by atoms with van der Waals surface area (Å²) in [6.45, 7) is 0.614. The van der Waals surface area contributed by atoms with E-state index in [1.165, 1.54) is 0 Å². The van der Waals surface area contributed by atoms with E-state index in [9.17, 15) is 5.11 Å². The van der Waals surface area contributed by atoms with Crippen molar-refractivity contribution in [3.63, 3.8) is 0 Å². The van der Waals surface area contributed by atoms with Crippen molar-refractivity contribution < 1.29 is 14.6 Å². The van der Waals surface area contributed by atoms with E-state index in [2.05, 4.69) is 10.0 Å². The normalized spacial score (nSPS) is 45.4. The summed E-state index contributed by atoms with van der Waals surface area (Å²) in [6.07, 6.45) is -1.13. The van der Waals surface area contributed by atoms with E-state index in [0.29, 0.717) is 6.61 Å². The molecular weight excluding hydrogens is 162 g/mol. The molecule has 2 saturated heterocycles. The third-order valence-corrected chi connectivity index (χ3v) is 2.20. The van der Waals surface area contributed by atoms with Crippen LogP contribution in [0.2, 0.25) is 0 Å². The smallest absolute Gasteiger partial charge is 0.112 e. The van der Waals surface area contributed by atoms with Crippen LogP contribution >= 0.6 is 0 Å². The van der Waals surface area contributed by atoms with Crippen molar-refractivity contribution in [2.45, 2.75) is 24.4 Å². The van der Waals surface area contributed by atoms with Gasteiger partial charge in [0.05, 0.1) is 25.4 Å². The second kappa shape index (κ2) is 2.91. The van der Waals surface area contributed by atoms with Crippen molar-refractivity contribution in [3.05, 3.63) is 10.4 Å². The lowest BCUT2D eigenvalue weighted by atomic mass is 10.1. The fourth-order valence-electron chi connectivity index (χ4n) is 1.62. The summed E-state index contributed by atoms with van der Waals surface area (Å²) in [7, 11) is 0. The predicted molar refractivity (Wildman–Crippen MR) is 38.4 cm³/mol. The average molecular weight is 171 g/mol. The molecule has 0 bridgehead atoms. The lowest BCUT2D eigenvalue weighted by Gasteiger charge is -2.10. The van der Waals surface area contributed by atoms with Crippen molar-refractivity contribution >= 4 is 0 Å². The van der Waals surface area contributed by atoms with Gasteiger partial charge in [-0.15, -0.1) is 0 Å². The molecule has 0 spiro atoms. The largest absolute Gasteiger partial charge is 0.388 e. The van der Waals surface area contributed by atoms with E-state index in [0.717, 1.165) is 0 Å². The summed E-state index contributed by atoms with van der Waals surface area (Å²) in [5, 5.41) is 12.8. The second-order valence-corrected chi connectivity index (χ2v) is 2.94. The van der Waals surface area contributed by atoms with Crippen molar-refractivity contribution in [1.29, 1.82) is 0 Å². The van der Waals surface area contributed by atoms with Crippen molar-refractivity contribution in [1.82, 2.24) is 0 Å². The molecule has 0 aliphatic carbocycles.